The second-order valence-electron chi connectivity index (χ2n) is 8.15. The summed E-state index contributed by atoms with van der Waals surface area (Å²) in [6.45, 7) is 4.87. The molecule has 0 spiro atoms. The standard InChI is InChI=1S/C23H30N4O3S.HI/c1-24-23(25-14-18-8-10-20(11-9-18)31(2,28)29)27-16-21-22(17-27)30-13-12-26(21)15-19-6-4-3-5-7-19;/h3-11,21-22H,12-17H2,1-2H3,(H,24,25);1H. The number of sulfone groups is 1. The molecular formula is C23H31IN4O3S. The molecule has 2 saturated heterocycles. The van der Waals surface area contributed by atoms with Gasteiger partial charge in [0.15, 0.2) is 15.8 Å². The van der Waals surface area contributed by atoms with Crippen LogP contribution in [0.1, 0.15) is 11.1 Å². The van der Waals surface area contributed by atoms with Crippen molar-refractivity contribution in [1.29, 1.82) is 0 Å². The maximum absolute atomic E-state index is 11.6. The first-order valence-corrected chi connectivity index (χ1v) is 12.5. The van der Waals surface area contributed by atoms with Crippen LogP contribution in [0.15, 0.2) is 64.5 Å². The van der Waals surface area contributed by atoms with Gasteiger partial charge < -0.3 is 15.0 Å². The van der Waals surface area contributed by atoms with Gasteiger partial charge >= 0.3 is 0 Å². The van der Waals surface area contributed by atoms with Gasteiger partial charge in [0.2, 0.25) is 0 Å². The summed E-state index contributed by atoms with van der Waals surface area (Å²) in [5, 5.41) is 3.41. The molecule has 0 aliphatic carbocycles. The van der Waals surface area contributed by atoms with E-state index in [0.717, 1.165) is 44.3 Å². The second kappa shape index (κ2) is 11.0. The van der Waals surface area contributed by atoms with Crippen molar-refractivity contribution in [2.75, 3.05) is 39.5 Å². The summed E-state index contributed by atoms with van der Waals surface area (Å²) in [6.07, 6.45) is 1.39. The van der Waals surface area contributed by atoms with Crippen molar-refractivity contribution in [3.8, 4) is 0 Å². The normalized spacial score (nSPS) is 21.7. The van der Waals surface area contributed by atoms with Crippen molar-refractivity contribution in [1.82, 2.24) is 15.1 Å². The van der Waals surface area contributed by atoms with Gasteiger partial charge in [-0.15, -0.1) is 24.0 Å². The number of ether oxygens (including phenoxy) is 1. The lowest BCUT2D eigenvalue weighted by Gasteiger charge is -2.36. The van der Waals surface area contributed by atoms with Crippen molar-refractivity contribution >= 4 is 39.8 Å². The Balaban J connectivity index is 0.00000289. The van der Waals surface area contributed by atoms with Gasteiger partial charge in [-0.05, 0) is 23.3 Å². The van der Waals surface area contributed by atoms with E-state index in [1.807, 2.05) is 18.2 Å². The predicted molar refractivity (Wildman–Crippen MR) is 137 cm³/mol. The molecule has 0 amide bonds. The topological polar surface area (TPSA) is 74.2 Å². The van der Waals surface area contributed by atoms with E-state index in [0.29, 0.717) is 17.5 Å². The molecule has 7 nitrogen and oxygen atoms in total. The molecule has 1 N–H and O–H groups in total. The Morgan fingerprint density at radius 3 is 2.47 bits per heavy atom. The molecular weight excluding hydrogens is 539 g/mol. The Bertz CT molecular complexity index is 1020. The molecule has 2 aliphatic rings. The Kier molecular flexibility index (Phi) is 8.54. The zero-order chi connectivity index (χ0) is 21.8. The quantitative estimate of drug-likeness (QED) is 0.338. The van der Waals surface area contributed by atoms with Crippen LogP contribution >= 0.6 is 24.0 Å². The molecule has 174 valence electrons. The number of rotatable bonds is 5. The molecule has 0 radical (unpaired) electrons. The summed E-state index contributed by atoms with van der Waals surface area (Å²) in [7, 11) is -1.39. The number of fused-ring (bicyclic) bond motifs is 1. The average molecular weight is 570 g/mol. The van der Waals surface area contributed by atoms with Gasteiger partial charge in [-0.25, -0.2) is 8.42 Å². The third-order valence-corrected chi connectivity index (χ3v) is 7.09. The van der Waals surface area contributed by atoms with Gasteiger partial charge in [0, 0.05) is 46.0 Å². The number of benzene rings is 2. The molecule has 2 unspecified atom stereocenters. The van der Waals surface area contributed by atoms with Crippen molar-refractivity contribution in [2.24, 2.45) is 4.99 Å². The third-order valence-electron chi connectivity index (χ3n) is 5.96. The highest BCUT2D eigenvalue weighted by Gasteiger charge is 2.41. The number of guanidine groups is 1. The van der Waals surface area contributed by atoms with Crippen LogP contribution in [0.2, 0.25) is 0 Å². The zero-order valence-electron chi connectivity index (χ0n) is 18.5. The first-order valence-electron chi connectivity index (χ1n) is 10.6. The third kappa shape index (κ3) is 6.00. The lowest BCUT2D eigenvalue weighted by molar-refractivity contribution is -0.0502. The minimum atomic E-state index is -3.18. The largest absolute Gasteiger partial charge is 0.373 e. The second-order valence-corrected chi connectivity index (χ2v) is 10.2. The van der Waals surface area contributed by atoms with Gasteiger partial charge in [-0.1, -0.05) is 42.5 Å². The van der Waals surface area contributed by atoms with Crippen LogP contribution in [0.3, 0.4) is 0 Å². The fraction of sp³-hybridized carbons (Fsp3) is 0.435. The molecule has 2 aliphatic heterocycles. The van der Waals surface area contributed by atoms with Crippen LogP contribution in [0.5, 0.6) is 0 Å². The molecule has 0 aromatic heterocycles. The summed E-state index contributed by atoms with van der Waals surface area (Å²) < 4.78 is 29.4. The van der Waals surface area contributed by atoms with Crippen LogP contribution in [-0.2, 0) is 27.7 Å². The minimum Gasteiger partial charge on any atom is -0.373 e. The molecule has 0 bridgehead atoms. The first-order chi connectivity index (χ1) is 14.9. The summed E-state index contributed by atoms with van der Waals surface area (Å²) in [5.74, 6) is 0.838. The maximum atomic E-state index is 11.6. The number of hydrogen-bond acceptors (Lipinski definition) is 5. The fourth-order valence-corrected chi connectivity index (χ4v) is 4.94. The Hall–Kier alpha value is -1.69. The highest BCUT2D eigenvalue weighted by molar-refractivity contribution is 14.0. The van der Waals surface area contributed by atoms with E-state index in [9.17, 15) is 8.42 Å². The van der Waals surface area contributed by atoms with E-state index >= 15 is 0 Å². The van der Waals surface area contributed by atoms with Crippen molar-refractivity contribution in [3.63, 3.8) is 0 Å². The van der Waals surface area contributed by atoms with E-state index in [2.05, 4.69) is 44.4 Å². The molecule has 4 rings (SSSR count). The van der Waals surface area contributed by atoms with Crippen molar-refractivity contribution in [3.05, 3.63) is 65.7 Å². The summed E-state index contributed by atoms with van der Waals surface area (Å²) in [5.41, 5.74) is 2.33. The van der Waals surface area contributed by atoms with Crippen LogP contribution < -0.4 is 5.32 Å². The fourth-order valence-electron chi connectivity index (χ4n) is 4.31. The molecule has 0 saturated carbocycles. The Morgan fingerprint density at radius 2 is 1.81 bits per heavy atom. The molecule has 2 aromatic rings. The molecule has 32 heavy (non-hydrogen) atoms. The number of aliphatic imine (C=N–C) groups is 1. The summed E-state index contributed by atoms with van der Waals surface area (Å²) in [4.78, 5) is 9.57. The SMILES string of the molecule is CN=C(NCc1ccc(S(C)(=O)=O)cc1)N1CC2OCCN(Cc3ccccc3)C2C1.I. The smallest absolute Gasteiger partial charge is 0.194 e. The summed E-state index contributed by atoms with van der Waals surface area (Å²) in [6, 6.07) is 17.9. The van der Waals surface area contributed by atoms with E-state index < -0.39 is 9.84 Å². The average Bonchev–Trinajstić information content (AvgIpc) is 3.20. The van der Waals surface area contributed by atoms with Crippen LogP contribution in [0, 0.1) is 0 Å². The van der Waals surface area contributed by atoms with Crippen molar-refractivity contribution in [2.45, 2.75) is 30.1 Å². The van der Waals surface area contributed by atoms with E-state index in [4.69, 9.17) is 4.74 Å². The van der Waals surface area contributed by atoms with E-state index in [-0.39, 0.29) is 30.1 Å². The number of likely N-dealkylation sites (tertiary alicyclic amines) is 1. The molecule has 9 heteroatoms. The van der Waals surface area contributed by atoms with Gasteiger partial charge in [0.1, 0.15) is 0 Å². The highest BCUT2D eigenvalue weighted by Crippen LogP contribution is 2.24. The maximum Gasteiger partial charge on any atom is 0.194 e. The Labute approximate surface area is 207 Å². The summed E-state index contributed by atoms with van der Waals surface area (Å²) >= 11 is 0. The van der Waals surface area contributed by atoms with Crippen LogP contribution in [0.4, 0.5) is 0 Å². The molecule has 2 atom stereocenters. The first kappa shape index (κ1) is 24.9. The van der Waals surface area contributed by atoms with Gasteiger partial charge in [0.05, 0.1) is 23.6 Å². The van der Waals surface area contributed by atoms with E-state index in [1.54, 1.807) is 19.2 Å². The van der Waals surface area contributed by atoms with Gasteiger partial charge in [-0.2, -0.15) is 0 Å². The molecule has 2 aromatic carbocycles. The number of hydrogen-bond donors (Lipinski definition) is 1. The lowest BCUT2D eigenvalue weighted by Crippen LogP contribution is -2.50. The van der Waals surface area contributed by atoms with Crippen LogP contribution in [0.25, 0.3) is 0 Å². The van der Waals surface area contributed by atoms with Gasteiger partial charge in [-0.3, -0.25) is 9.89 Å². The van der Waals surface area contributed by atoms with Gasteiger partial charge in [0.25, 0.3) is 0 Å². The van der Waals surface area contributed by atoms with Crippen LogP contribution in [-0.4, -0.2) is 75.9 Å². The minimum absolute atomic E-state index is 0. The van der Waals surface area contributed by atoms with Crippen molar-refractivity contribution < 1.29 is 13.2 Å². The number of morpholine rings is 1. The molecule has 2 heterocycles. The zero-order valence-corrected chi connectivity index (χ0v) is 21.6. The number of nitrogens with zero attached hydrogens (tertiary/aromatic N) is 3. The van der Waals surface area contributed by atoms with E-state index in [1.165, 1.54) is 11.8 Å². The number of nitrogens with one attached hydrogen (secondary N) is 1. The Morgan fingerprint density at radius 1 is 1.09 bits per heavy atom. The predicted octanol–water partition coefficient (Wildman–Crippen LogP) is 2.37. The number of halogens is 1. The molecule has 2 fully saturated rings. The lowest BCUT2D eigenvalue weighted by atomic mass is 10.1. The monoisotopic (exact) mass is 570 g/mol. The highest BCUT2D eigenvalue weighted by atomic mass is 127.